The highest BCUT2D eigenvalue weighted by molar-refractivity contribution is 7.92. The summed E-state index contributed by atoms with van der Waals surface area (Å²) in [6.45, 7) is 4.22. The largest absolute Gasteiger partial charge is 0.280 e. The smallest absolute Gasteiger partial charge is 0.277 e. The van der Waals surface area contributed by atoms with Crippen LogP contribution in [0.4, 0.5) is 11.4 Å². The second-order valence-electron chi connectivity index (χ2n) is 7.20. The first-order valence-corrected chi connectivity index (χ1v) is 10.7. The van der Waals surface area contributed by atoms with Gasteiger partial charge < -0.3 is 0 Å². The number of hydrogen-bond acceptors (Lipinski definition) is 4. The Kier molecular flexibility index (Phi) is 5.98. The molecule has 0 fully saturated rings. The predicted octanol–water partition coefficient (Wildman–Crippen LogP) is 5.26. The molecule has 0 amide bonds. The SMILES string of the molecule is CC(C)Cc1ccc(S(=O)(=O)Nc2ccc(-c3ccccc3[N+](=O)[O-])cc2)cc1. The fraction of sp³-hybridized carbons (Fsp3) is 0.182. The van der Waals surface area contributed by atoms with Crippen molar-refractivity contribution in [3.63, 3.8) is 0 Å². The second kappa shape index (κ2) is 8.45. The van der Waals surface area contributed by atoms with E-state index in [0.717, 1.165) is 12.0 Å². The number of para-hydroxylation sites is 1. The first-order chi connectivity index (χ1) is 13.8. The lowest BCUT2D eigenvalue weighted by atomic mass is 10.0. The molecule has 0 radical (unpaired) electrons. The molecule has 0 aliphatic heterocycles. The van der Waals surface area contributed by atoms with Gasteiger partial charge in [-0.25, -0.2) is 8.42 Å². The van der Waals surface area contributed by atoms with Gasteiger partial charge in [-0.3, -0.25) is 14.8 Å². The van der Waals surface area contributed by atoms with Crippen LogP contribution in [-0.4, -0.2) is 13.3 Å². The lowest BCUT2D eigenvalue weighted by Crippen LogP contribution is -2.13. The molecular formula is C22H22N2O4S. The van der Waals surface area contributed by atoms with Crippen molar-refractivity contribution in [2.75, 3.05) is 4.72 Å². The normalized spacial score (nSPS) is 11.4. The van der Waals surface area contributed by atoms with Gasteiger partial charge in [0.1, 0.15) is 0 Å². The van der Waals surface area contributed by atoms with Crippen LogP contribution in [0.5, 0.6) is 0 Å². The van der Waals surface area contributed by atoms with E-state index in [9.17, 15) is 18.5 Å². The number of anilines is 1. The molecule has 1 N–H and O–H groups in total. The van der Waals surface area contributed by atoms with E-state index in [1.807, 2.05) is 12.1 Å². The molecule has 3 aromatic rings. The van der Waals surface area contributed by atoms with Crippen molar-refractivity contribution < 1.29 is 13.3 Å². The molecule has 3 rings (SSSR count). The van der Waals surface area contributed by atoms with Crippen LogP contribution < -0.4 is 4.72 Å². The van der Waals surface area contributed by atoms with Crippen LogP contribution >= 0.6 is 0 Å². The molecule has 3 aromatic carbocycles. The molecule has 0 bridgehead atoms. The number of nitrogens with one attached hydrogen (secondary N) is 1. The van der Waals surface area contributed by atoms with Crippen LogP contribution in [0, 0.1) is 16.0 Å². The molecule has 29 heavy (non-hydrogen) atoms. The third-order valence-corrected chi connectivity index (χ3v) is 5.82. The molecule has 0 heterocycles. The lowest BCUT2D eigenvalue weighted by molar-refractivity contribution is -0.384. The van der Waals surface area contributed by atoms with Crippen LogP contribution in [0.2, 0.25) is 0 Å². The minimum Gasteiger partial charge on any atom is -0.280 e. The molecule has 0 atom stereocenters. The lowest BCUT2D eigenvalue weighted by Gasteiger charge is -2.10. The van der Waals surface area contributed by atoms with E-state index in [2.05, 4.69) is 18.6 Å². The maximum Gasteiger partial charge on any atom is 0.277 e. The Balaban J connectivity index is 1.80. The number of sulfonamides is 1. The minimum atomic E-state index is -3.72. The molecule has 0 unspecified atom stereocenters. The van der Waals surface area contributed by atoms with E-state index in [4.69, 9.17) is 0 Å². The molecule has 0 spiro atoms. The monoisotopic (exact) mass is 410 g/mol. The van der Waals surface area contributed by atoms with Gasteiger partial charge in [0.05, 0.1) is 15.4 Å². The van der Waals surface area contributed by atoms with E-state index in [0.29, 0.717) is 22.7 Å². The van der Waals surface area contributed by atoms with E-state index < -0.39 is 14.9 Å². The second-order valence-corrected chi connectivity index (χ2v) is 8.88. The van der Waals surface area contributed by atoms with Crippen molar-refractivity contribution in [3.8, 4) is 11.1 Å². The Morgan fingerprint density at radius 1 is 0.931 bits per heavy atom. The van der Waals surface area contributed by atoms with Crippen molar-refractivity contribution in [2.45, 2.75) is 25.2 Å². The van der Waals surface area contributed by atoms with Crippen LogP contribution in [0.25, 0.3) is 11.1 Å². The molecule has 0 saturated heterocycles. The summed E-state index contributed by atoms with van der Waals surface area (Å²) in [6.07, 6.45) is 0.890. The number of benzene rings is 3. The summed E-state index contributed by atoms with van der Waals surface area (Å²) in [5.41, 5.74) is 2.60. The maximum atomic E-state index is 12.6. The van der Waals surface area contributed by atoms with Crippen LogP contribution in [0.3, 0.4) is 0 Å². The average molecular weight is 410 g/mol. The molecule has 7 heteroatoms. The van der Waals surface area contributed by atoms with Gasteiger partial charge in [0.2, 0.25) is 0 Å². The maximum absolute atomic E-state index is 12.6. The highest BCUT2D eigenvalue weighted by Gasteiger charge is 2.16. The van der Waals surface area contributed by atoms with E-state index in [1.165, 1.54) is 6.07 Å². The third kappa shape index (κ3) is 5.00. The molecule has 0 aromatic heterocycles. The minimum absolute atomic E-state index is 0.00215. The summed E-state index contributed by atoms with van der Waals surface area (Å²) in [6, 6.07) is 19.8. The van der Waals surface area contributed by atoms with Gasteiger partial charge in [-0.1, -0.05) is 50.2 Å². The summed E-state index contributed by atoms with van der Waals surface area (Å²) in [5, 5.41) is 11.2. The summed E-state index contributed by atoms with van der Waals surface area (Å²) in [7, 11) is -3.72. The Hall–Kier alpha value is -3.19. The standard InChI is InChI=1S/C22H22N2O4S/c1-16(2)15-17-7-13-20(14-8-17)29(27,28)23-19-11-9-18(10-12-19)21-5-3-4-6-22(21)24(25)26/h3-14,16,23H,15H2,1-2H3. The van der Waals surface area contributed by atoms with Crippen molar-refractivity contribution in [1.29, 1.82) is 0 Å². The zero-order chi connectivity index (χ0) is 21.0. The van der Waals surface area contributed by atoms with Crippen molar-refractivity contribution >= 4 is 21.4 Å². The fourth-order valence-electron chi connectivity index (χ4n) is 3.08. The molecular weight excluding hydrogens is 388 g/mol. The van der Waals surface area contributed by atoms with E-state index >= 15 is 0 Å². The van der Waals surface area contributed by atoms with Crippen molar-refractivity contribution in [2.24, 2.45) is 5.92 Å². The number of nitro groups is 1. The Bertz CT molecular complexity index is 1110. The molecule has 6 nitrogen and oxygen atoms in total. The fourth-order valence-corrected chi connectivity index (χ4v) is 4.14. The number of hydrogen-bond donors (Lipinski definition) is 1. The number of nitrogens with zero attached hydrogens (tertiary/aromatic N) is 1. The van der Waals surface area contributed by atoms with Crippen molar-refractivity contribution in [1.82, 2.24) is 0 Å². The van der Waals surface area contributed by atoms with Crippen LogP contribution in [0.15, 0.2) is 77.7 Å². The first kappa shape index (κ1) is 20.5. The van der Waals surface area contributed by atoms with Crippen molar-refractivity contribution in [3.05, 3.63) is 88.5 Å². The van der Waals surface area contributed by atoms with E-state index in [1.54, 1.807) is 54.6 Å². The van der Waals surface area contributed by atoms with Gasteiger partial charge in [0.25, 0.3) is 15.7 Å². The summed E-state index contributed by atoms with van der Waals surface area (Å²) < 4.78 is 27.8. The van der Waals surface area contributed by atoms with Gasteiger partial charge in [-0.15, -0.1) is 0 Å². The first-order valence-electron chi connectivity index (χ1n) is 9.22. The van der Waals surface area contributed by atoms with Gasteiger partial charge >= 0.3 is 0 Å². The average Bonchev–Trinajstić information content (AvgIpc) is 2.68. The van der Waals surface area contributed by atoms with E-state index in [-0.39, 0.29) is 10.6 Å². The highest BCUT2D eigenvalue weighted by atomic mass is 32.2. The topological polar surface area (TPSA) is 89.3 Å². The quantitative estimate of drug-likeness (QED) is 0.425. The Labute approximate surface area is 170 Å². The zero-order valence-corrected chi connectivity index (χ0v) is 17.0. The summed E-state index contributed by atoms with van der Waals surface area (Å²) in [4.78, 5) is 11.0. The molecule has 0 saturated carbocycles. The number of nitro benzene ring substituents is 1. The summed E-state index contributed by atoms with van der Waals surface area (Å²) in [5.74, 6) is 0.495. The van der Waals surface area contributed by atoms with Gasteiger partial charge in [0.15, 0.2) is 0 Å². The van der Waals surface area contributed by atoms with Crippen LogP contribution in [-0.2, 0) is 16.4 Å². The number of rotatable bonds is 7. The van der Waals surface area contributed by atoms with Gasteiger partial charge in [0, 0.05) is 11.8 Å². The molecule has 150 valence electrons. The third-order valence-electron chi connectivity index (χ3n) is 4.43. The molecule has 0 aliphatic rings. The van der Waals surface area contributed by atoms with Crippen LogP contribution in [0.1, 0.15) is 19.4 Å². The zero-order valence-electron chi connectivity index (χ0n) is 16.2. The van der Waals surface area contributed by atoms with Gasteiger partial charge in [-0.2, -0.15) is 0 Å². The Morgan fingerprint density at radius 3 is 2.14 bits per heavy atom. The molecule has 0 aliphatic carbocycles. The summed E-state index contributed by atoms with van der Waals surface area (Å²) >= 11 is 0. The Morgan fingerprint density at radius 2 is 1.55 bits per heavy atom. The highest BCUT2D eigenvalue weighted by Crippen LogP contribution is 2.30. The predicted molar refractivity (Wildman–Crippen MR) is 114 cm³/mol. The van der Waals surface area contributed by atoms with Gasteiger partial charge in [-0.05, 0) is 53.8 Å².